The van der Waals surface area contributed by atoms with E-state index in [2.05, 4.69) is 0 Å². The van der Waals surface area contributed by atoms with Gasteiger partial charge in [0.25, 0.3) is 0 Å². The molecule has 0 N–H and O–H groups in total. The minimum Gasteiger partial charge on any atom is -0.466 e. The van der Waals surface area contributed by atoms with Gasteiger partial charge < -0.3 is 14.3 Å². The highest BCUT2D eigenvalue weighted by Crippen LogP contribution is 2.40. The Bertz CT molecular complexity index is 416. The number of hydrogen-bond donors (Lipinski definition) is 0. The summed E-state index contributed by atoms with van der Waals surface area (Å²) in [6.45, 7) is 7.32. The van der Waals surface area contributed by atoms with Crippen LogP contribution in [0.3, 0.4) is 0 Å². The molecule has 0 bridgehead atoms. The molecule has 2 unspecified atom stereocenters. The van der Waals surface area contributed by atoms with Gasteiger partial charge in [-0.15, -0.1) is 0 Å². The summed E-state index contributed by atoms with van der Waals surface area (Å²) < 4.78 is 10.2. The van der Waals surface area contributed by atoms with Crippen molar-refractivity contribution in [2.75, 3.05) is 6.61 Å². The summed E-state index contributed by atoms with van der Waals surface area (Å²) in [4.78, 5) is 46.1. The molecule has 0 heterocycles. The zero-order chi connectivity index (χ0) is 16.7. The van der Waals surface area contributed by atoms with E-state index >= 15 is 0 Å². The fraction of sp³-hybridized carbons (Fsp3) is 0.733. The molecule has 21 heavy (non-hydrogen) atoms. The second kappa shape index (κ2) is 7.90. The van der Waals surface area contributed by atoms with Crippen molar-refractivity contribution in [3.05, 3.63) is 0 Å². The van der Waals surface area contributed by atoms with E-state index in [4.69, 9.17) is 9.47 Å². The molecule has 0 aliphatic rings. The van der Waals surface area contributed by atoms with Crippen molar-refractivity contribution in [2.45, 2.75) is 59.5 Å². The highest BCUT2D eigenvalue weighted by molar-refractivity contribution is 5.92. The van der Waals surface area contributed by atoms with Crippen LogP contribution in [0.4, 0.5) is 0 Å². The summed E-state index contributed by atoms with van der Waals surface area (Å²) >= 11 is 0. The van der Waals surface area contributed by atoms with Crippen molar-refractivity contribution in [1.82, 2.24) is 0 Å². The molecule has 0 rings (SSSR count). The van der Waals surface area contributed by atoms with Gasteiger partial charge in [0.15, 0.2) is 11.4 Å². The highest BCUT2D eigenvalue weighted by Gasteiger charge is 2.53. The van der Waals surface area contributed by atoms with Gasteiger partial charge in [-0.3, -0.25) is 14.4 Å². The molecule has 0 aromatic heterocycles. The Hall–Kier alpha value is -1.72. The lowest BCUT2D eigenvalue weighted by Gasteiger charge is -2.42. The van der Waals surface area contributed by atoms with Gasteiger partial charge in [-0.1, -0.05) is 13.8 Å². The molecule has 0 aromatic rings. The van der Waals surface area contributed by atoms with Crippen LogP contribution in [0.25, 0.3) is 0 Å². The molecule has 0 fully saturated rings. The second-order valence-corrected chi connectivity index (χ2v) is 5.19. The molecular formula is C15H24O6. The van der Waals surface area contributed by atoms with Crippen LogP contribution in [0, 0.1) is 5.41 Å². The molecule has 2 atom stereocenters. The van der Waals surface area contributed by atoms with Crippen LogP contribution < -0.4 is 0 Å². The van der Waals surface area contributed by atoms with Crippen LogP contribution in [0.5, 0.6) is 0 Å². The third kappa shape index (κ3) is 4.37. The minimum absolute atomic E-state index is 0.0157. The number of Topliss-reactive ketones (excluding diaryl/α,β-unsaturated/α-hetero) is 1. The summed E-state index contributed by atoms with van der Waals surface area (Å²) in [7, 11) is 0. The SMILES string of the molecule is CCC(=O)OCCC(C)(C=O)C(CC)(OC(C)=O)C(C)=O. The van der Waals surface area contributed by atoms with Crippen molar-refractivity contribution in [1.29, 1.82) is 0 Å². The summed E-state index contributed by atoms with van der Waals surface area (Å²) in [5, 5.41) is 0. The number of esters is 2. The molecule has 0 aliphatic carbocycles. The minimum atomic E-state index is -1.54. The van der Waals surface area contributed by atoms with Gasteiger partial charge in [-0.25, -0.2) is 0 Å². The molecule has 0 aromatic carbocycles. The third-order valence-corrected chi connectivity index (χ3v) is 3.74. The van der Waals surface area contributed by atoms with Crippen molar-refractivity contribution < 1.29 is 28.7 Å². The van der Waals surface area contributed by atoms with E-state index in [-0.39, 0.29) is 31.8 Å². The van der Waals surface area contributed by atoms with Crippen molar-refractivity contribution in [3.8, 4) is 0 Å². The number of rotatable bonds is 9. The Morgan fingerprint density at radius 2 is 1.71 bits per heavy atom. The number of carbonyl (C=O) groups is 4. The zero-order valence-electron chi connectivity index (χ0n) is 13.4. The van der Waals surface area contributed by atoms with Crippen molar-refractivity contribution >= 4 is 24.0 Å². The summed E-state index contributed by atoms with van der Waals surface area (Å²) in [6.07, 6.45) is 1.09. The number of ether oxygens (including phenoxy) is 2. The normalized spacial score (nSPS) is 16.2. The van der Waals surface area contributed by atoms with Gasteiger partial charge >= 0.3 is 11.9 Å². The number of ketones is 1. The quantitative estimate of drug-likeness (QED) is 0.477. The summed E-state index contributed by atoms with van der Waals surface area (Å²) in [5.41, 5.74) is -2.80. The van der Waals surface area contributed by atoms with Gasteiger partial charge in [0, 0.05) is 13.3 Å². The first kappa shape index (κ1) is 19.3. The Labute approximate surface area is 125 Å². The molecule has 0 radical (unpaired) electrons. The molecule has 0 saturated heterocycles. The third-order valence-electron chi connectivity index (χ3n) is 3.74. The first-order valence-corrected chi connectivity index (χ1v) is 7.01. The Balaban J connectivity index is 5.36. The van der Waals surface area contributed by atoms with Gasteiger partial charge in [-0.05, 0) is 26.7 Å². The van der Waals surface area contributed by atoms with Crippen LogP contribution in [-0.2, 0) is 28.7 Å². The zero-order valence-corrected chi connectivity index (χ0v) is 13.4. The van der Waals surface area contributed by atoms with E-state index in [0.29, 0.717) is 6.29 Å². The number of hydrogen-bond acceptors (Lipinski definition) is 6. The summed E-state index contributed by atoms with van der Waals surface area (Å²) in [5.74, 6) is -1.43. The molecule has 0 spiro atoms. The maximum absolute atomic E-state index is 12.0. The highest BCUT2D eigenvalue weighted by atomic mass is 16.6. The maximum atomic E-state index is 12.0. The van der Waals surface area contributed by atoms with Crippen LogP contribution in [0.2, 0.25) is 0 Å². The second-order valence-electron chi connectivity index (χ2n) is 5.19. The van der Waals surface area contributed by atoms with Crippen LogP contribution in [0.1, 0.15) is 53.9 Å². The van der Waals surface area contributed by atoms with E-state index < -0.39 is 22.8 Å². The van der Waals surface area contributed by atoms with E-state index in [1.54, 1.807) is 13.8 Å². The molecule has 0 aliphatic heterocycles. The van der Waals surface area contributed by atoms with Crippen molar-refractivity contribution in [2.24, 2.45) is 5.41 Å². The number of carbonyl (C=O) groups excluding carboxylic acids is 4. The van der Waals surface area contributed by atoms with Gasteiger partial charge in [0.1, 0.15) is 6.29 Å². The van der Waals surface area contributed by atoms with Crippen molar-refractivity contribution in [3.63, 3.8) is 0 Å². The smallest absolute Gasteiger partial charge is 0.305 e. The lowest BCUT2D eigenvalue weighted by Crippen LogP contribution is -2.55. The Morgan fingerprint density at radius 3 is 2.05 bits per heavy atom. The van der Waals surface area contributed by atoms with Crippen LogP contribution in [0.15, 0.2) is 0 Å². The lowest BCUT2D eigenvalue weighted by atomic mass is 9.68. The maximum Gasteiger partial charge on any atom is 0.305 e. The summed E-state index contributed by atoms with van der Waals surface area (Å²) in [6, 6.07) is 0. The Morgan fingerprint density at radius 1 is 1.14 bits per heavy atom. The average Bonchev–Trinajstić information content (AvgIpc) is 2.43. The Kier molecular flexibility index (Phi) is 7.26. The fourth-order valence-corrected chi connectivity index (χ4v) is 2.40. The molecule has 6 nitrogen and oxygen atoms in total. The van der Waals surface area contributed by atoms with E-state index in [0.717, 1.165) is 0 Å². The number of aldehydes is 1. The van der Waals surface area contributed by atoms with Gasteiger partial charge in [0.05, 0.1) is 12.0 Å². The molecule has 0 amide bonds. The standard InChI is InChI=1S/C15H24O6/c1-6-13(19)20-9-8-14(5,10-16)15(7-2,11(3)17)21-12(4)18/h10H,6-9H2,1-5H3. The molecule has 0 saturated carbocycles. The van der Waals surface area contributed by atoms with Crippen LogP contribution in [-0.4, -0.2) is 36.2 Å². The monoisotopic (exact) mass is 300 g/mol. The van der Waals surface area contributed by atoms with Crippen LogP contribution >= 0.6 is 0 Å². The molecular weight excluding hydrogens is 276 g/mol. The van der Waals surface area contributed by atoms with E-state index in [1.807, 2.05) is 0 Å². The average molecular weight is 300 g/mol. The van der Waals surface area contributed by atoms with Gasteiger partial charge in [0.2, 0.25) is 0 Å². The van der Waals surface area contributed by atoms with E-state index in [9.17, 15) is 19.2 Å². The van der Waals surface area contributed by atoms with Gasteiger partial charge in [-0.2, -0.15) is 0 Å². The molecule has 120 valence electrons. The predicted octanol–water partition coefficient (Wildman–Crippen LogP) is 1.84. The predicted molar refractivity (Wildman–Crippen MR) is 75.5 cm³/mol. The lowest BCUT2D eigenvalue weighted by molar-refractivity contribution is -0.183. The molecule has 6 heteroatoms. The van der Waals surface area contributed by atoms with E-state index in [1.165, 1.54) is 20.8 Å². The largest absolute Gasteiger partial charge is 0.466 e. The first-order valence-electron chi connectivity index (χ1n) is 7.01. The first-order chi connectivity index (χ1) is 9.69. The fourth-order valence-electron chi connectivity index (χ4n) is 2.40. The topological polar surface area (TPSA) is 86.7 Å².